The van der Waals surface area contributed by atoms with E-state index in [1.807, 2.05) is 13.8 Å². The zero-order valence-electron chi connectivity index (χ0n) is 8.57. The van der Waals surface area contributed by atoms with Crippen LogP contribution in [0.25, 0.3) is 0 Å². The van der Waals surface area contributed by atoms with Crippen LogP contribution in [0.1, 0.15) is 13.8 Å². The second-order valence-electron chi connectivity index (χ2n) is 4.05. The average molecular weight is 201 g/mol. The number of ether oxygens (including phenoxy) is 3. The summed E-state index contributed by atoms with van der Waals surface area (Å²) >= 11 is 0. The van der Waals surface area contributed by atoms with Crippen molar-refractivity contribution in [2.45, 2.75) is 37.9 Å². The van der Waals surface area contributed by atoms with Gasteiger partial charge in [0.25, 0.3) is 0 Å². The van der Waals surface area contributed by atoms with Crippen LogP contribution >= 0.6 is 0 Å². The molecule has 0 aliphatic carbocycles. The van der Waals surface area contributed by atoms with Crippen molar-refractivity contribution < 1.29 is 19.0 Å². The van der Waals surface area contributed by atoms with E-state index in [4.69, 9.17) is 9.47 Å². The van der Waals surface area contributed by atoms with Crippen LogP contribution in [0.5, 0.6) is 0 Å². The van der Waals surface area contributed by atoms with E-state index in [2.05, 4.69) is 10.1 Å². The minimum atomic E-state index is -0.594. The van der Waals surface area contributed by atoms with Crippen LogP contribution in [-0.4, -0.2) is 43.7 Å². The van der Waals surface area contributed by atoms with Gasteiger partial charge in [0, 0.05) is 6.54 Å². The van der Waals surface area contributed by atoms with Crippen molar-refractivity contribution in [2.75, 3.05) is 13.7 Å². The molecule has 3 unspecified atom stereocenters. The molecule has 2 heterocycles. The monoisotopic (exact) mass is 201 g/mol. The van der Waals surface area contributed by atoms with Crippen LogP contribution in [0.2, 0.25) is 0 Å². The number of esters is 1. The highest BCUT2D eigenvalue weighted by atomic mass is 16.8. The van der Waals surface area contributed by atoms with Gasteiger partial charge in [-0.1, -0.05) is 0 Å². The molecule has 0 amide bonds. The highest BCUT2D eigenvalue weighted by molar-refractivity contribution is 5.77. The molecule has 0 aromatic rings. The van der Waals surface area contributed by atoms with Crippen molar-refractivity contribution in [3.63, 3.8) is 0 Å². The fourth-order valence-electron chi connectivity index (χ4n) is 2.01. The Balaban J connectivity index is 2.08. The lowest BCUT2D eigenvalue weighted by Gasteiger charge is -2.20. The first-order chi connectivity index (χ1) is 6.53. The number of methoxy groups -OCH3 is 1. The van der Waals surface area contributed by atoms with Crippen molar-refractivity contribution >= 4 is 5.97 Å². The molecule has 0 bridgehead atoms. The summed E-state index contributed by atoms with van der Waals surface area (Å²) < 4.78 is 15.9. The Morgan fingerprint density at radius 3 is 2.86 bits per heavy atom. The largest absolute Gasteiger partial charge is 0.468 e. The predicted molar refractivity (Wildman–Crippen MR) is 47.6 cm³/mol. The van der Waals surface area contributed by atoms with Crippen LogP contribution in [-0.2, 0) is 19.0 Å². The van der Waals surface area contributed by atoms with Gasteiger partial charge in [-0.05, 0) is 13.8 Å². The van der Waals surface area contributed by atoms with Gasteiger partial charge < -0.3 is 14.2 Å². The van der Waals surface area contributed by atoms with Crippen molar-refractivity contribution in [3.8, 4) is 0 Å². The predicted octanol–water partition coefficient (Wildman–Crippen LogP) is -0.349. The van der Waals surface area contributed by atoms with Crippen molar-refractivity contribution in [3.05, 3.63) is 0 Å². The topological polar surface area (TPSA) is 56.8 Å². The summed E-state index contributed by atoms with van der Waals surface area (Å²) in [5.74, 6) is -0.886. The van der Waals surface area contributed by atoms with E-state index in [-0.39, 0.29) is 18.2 Å². The standard InChI is InChI=1S/C9H15NO4/c1-9(2)13-5-4-10-6(7(5)14-9)8(11)12-3/h5-7,10H,4H2,1-3H3. The third-order valence-corrected chi connectivity index (χ3v) is 2.54. The van der Waals surface area contributed by atoms with Gasteiger partial charge in [-0.2, -0.15) is 0 Å². The molecule has 0 spiro atoms. The Bertz CT molecular complexity index is 253. The minimum Gasteiger partial charge on any atom is -0.468 e. The quantitative estimate of drug-likeness (QED) is 0.588. The number of carbonyl (C=O) groups is 1. The molecular formula is C9H15NO4. The van der Waals surface area contributed by atoms with Crippen LogP contribution < -0.4 is 5.32 Å². The second kappa shape index (κ2) is 3.18. The molecule has 1 N–H and O–H groups in total. The Labute approximate surface area is 82.7 Å². The van der Waals surface area contributed by atoms with Gasteiger partial charge in [0.15, 0.2) is 5.79 Å². The Hall–Kier alpha value is -0.650. The zero-order valence-corrected chi connectivity index (χ0v) is 8.57. The first-order valence-corrected chi connectivity index (χ1v) is 4.70. The van der Waals surface area contributed by atoms with Crippen molar-refractivity contribution in [1.82, 2.24) is 5.32 Å². The van der Waals surface area contributed by atoms with Crippen molar-refractivity contribution in [1.29, 1.82) is 0 Å². The van der Waals surface area contributed by atoms with Crippen molar-refractivity contribution in [2.24, 2.45) is 0 Å². The maximum absolute atomic E-state index is 11.3. The molecule has 2 saturated heterocycles. The number of hydrogen-bond donors (Lipinski definition) is 1. The Morgan fingerprint density at radius 2 is 2.21 bits per heavy atom. The van der Waals surface area contributed by atoms with Crippen LogP contribution in [0.3, 0.4) is 0 Å². The maximum Gasteiger partial charge on any atom is 0.325 e. The first kappa shape index (κ1) is 9.89. The van der Waals surface area contributed by atoms with Gasteiger partial charge in [0.2, 0.25) is 0 Å². The Kier molecular flexibility index (Phi) is 2.25. The number of carbonyl (C=O) groups excluding carboxylic acids is 1. The summed E-state index contributed by atoms with van der Waals surface area (Å²) in [5.41, 5.74) is 0. The van der Waals surface area contributed by atoms with Gasteiger partial charge in [-0.25, -0.2) is 0 Å². The van der Waals surface area contributed by atoms with Gasteiger partial charge >= 0.3 is 5.97 Å². The lowest BCUT2D eigenvalue weighted by Crippen LogP contribution is -2.42. The van der Waals surface area contributed by atoms with Crippen LogP contribution in [0.4, 0.5) is 0 Å². The zero-order chi connectivity index (χ0) is 10.3. The molecule has 2 aliphatic heterocycles. The molecule has 2 aliphatic rings. The van der Waals surface area contributed by atoms with Crippen LogP contribution in [0.15, 0.2) is 0 Å². The van der Waals surface area contributed by atoms with Gasteiger partial charge in [0.05, 0.1) is 7.11 Å². The summed E-state index contributed by atoms with van der Waals surface area (Å²) in [5, 5.41) is 3.02. The van der Waals surface area contributed by atoms with Gasteiger partial charge in [0.1, 0.15) is 18.2 Å². The SMILES string of the molecule is COC(=O)C1NCC2OC(C)(C)OC21. The highest BCUT2D eigenvalue weighted by Crippen LogP contribution is 2.32. The molecule has 0 saturated carbocycles. The average Bonchev–Trinajstić information content (AvgIpc) is 2.58. The summed E-state index contributed by atoms with van der Waals surface area (Å²) in [6.07, 6.45) is -0.272. The molecule has 2 rings (SSSR count). The molecule has 14 heavy (non-hydrogen) atoms. The molecule has 0 aromatic carbocycles. The number of rotatable bonds is 1. The normalized spacial score (nSPS) is 39.5. The summed E-state index contributed by atoms with van der Waals surface area (Å²) in [7, 11) is 1.37. The number of hydrogen-bond acceptors (Lipinski definition) is 5. The molecular weight excluding hydrogens is 186 g/mol. The molecule has 2 fully saturated rings. The fraction of sp³-hybridized carbons (Fsp3) is 0.889. The smallest absolute Gasteiger partial charge is 0.325 e. The van der Waals surface area contributed by atoms with E-state index in [0.29, 0.717) is 6.54 Å². The number of nitrogens with one attached hydrogen (secondary N) is 1. The molecule has 5 heteroatoms. The van der Waals surface area contributed by atoms with Crippen LogP contribution in [0, 0.1) is 0 Å². The maximum atomic E-state index is 11.3. The van der Waals surface area contributed by atoms with E-state index >= 15 is 0 Å². The summed E-state index contributed by atoms with van der Waals surface area (Å²) in [4.78, 5) is 11.3. The molecule has 0 radical (unpaired) electrons. The van der Waals surface area contributed by atoms with E-state index in [1.54, 1.807) is 0 Å². The summed E-state index contributed by atoms with van der Waals surface area (Å²) in [6, 6.07) is -0.397. The molecule has 80 valence electrons. The fourth-order valence-corrected chi connectivity index (χ4v) is 2.01. The van der Waals surface area contributed by atoms with E-state index in [1.165, 1.54) is 7.11 Å². The summed E-state index contributed by atoms with van der Waals surface area (Å²) in [6.45, 7) is 4.33. The lowest BCUT2D eigenvalue weighted by molar-refractivity contribution is -0.162. The van der Waals surface area contributed by atoms with E-state index in [0.717, 1.165) is 0 Å². The number of fused-ring (bicyclic) bond motifs is 1. The third kappa shape index (κ3) is 1.51. The second-order valence-corrected chi connectivity index (χ2v) is 4.05. The van der Waals surface area contributed by atoms with Gasteiger partial charge in [-0.3, -0.25) is 10.1 Å². The molecule has 0 aromatic heterocycles. The van der Waals surface area contributed by atoms with E-state index in [9.17, 15) is 4.79 Å². The lowest BCUT2D eigenvalue weighted by atomic mass is 10.1. The first-order valence-electron chi connectivity index (χ1n) is 4.70. The Morgan fingerprint density at radius 1 is 1.50 bits per heavy atom. The van der Waals surface area contributed by atoms with Gasteiger partial charge in [-0.15, -0.1) is 0 Å². The van der Waals surface area contributed by atoms with E-state index < -0.39 is 11.8 Å². The highest BCUT2D eigenvalue weighted by Gasteiger charge is 2.51. The minimum absolute atomic E-state index is 0.0471. The molecule has 5 nitrogen and oxygen atoms in total. The molecule has 3 atom stereocenters. The third-order valence-electron chi connectivity index (χ3n) is 2.54.